The summed E-state index contributed by atoms with van der Waals surface area (Å²) >= 11 is 18.0. The Hall–Kier alpha value is -2.98. The highest BCUT2D eigenvalue weighted by Gasteiger charge is 2.47. The largest absolute Gasteiger partial charge is 0.573 e. The second-order valence-corrected chi connectivity index (χ2v) is 11.3. The van der Waals surface area contributed by atoms with E-state index in [0.29, 0.717) is 65.5 Å². The lowest BCUT2D eigenvalue weighted by Gasteiger charge is -2.39. The van der Waals surface area contributed by atoms with Crippen molar-refractivity contribution in [3.8, 4) is 5.75 Å². The normalized spacial score (nSPS) is 16.8. The summed E-state index contributed by atoms with van der Waals surface area (Å²) in [6.45, 7) is 2.70. The molecule has 1 spiro atoms. The van der Waals surface area contributed by atoms with Crippen LogP contribution in [0.2, 0.25) is 15.2 Å². The smallest absolute Gasteiger partial charge is 0.406 e. The standard InChI is InChI=1S/C29H26Cl3F3N4O2/c30-23-5-3-19(14-24(23)31)2-1-11-38-12-8-28(9-13-38)18-39(27(40)37-17-20-7-10-36-26(32)15-20)25-6-4-21(16-22(25)28)41-29(33,34)35/h1-7,10,14-16H,8-9,11-13,17-18H2,(H,37,40). The monoisotopic (exact) mass is 624 g/mol. The highest BCUT2D eigenvalue weighted by molar-refractivity contribution is 6.42. The molecule has 2 aliphatic rings. The van der Waals surface area contributed by atoms with Crippen molar-refractivity contribution in [1.29, 1.82) is 0 Å². The van der Waals surface area contributed by atoms with Gasteiger partial charge in [0, 0.05) is 36.9 Å². The molecule has 1 saturated heterocycles. The van der Waals surface area contributed by atoms with Gasteiger partial charge in [0.15, 0.2) is 0 Å². The molecule has 12 heteroatoms. The van der Waals surface area contributed by atoms with Gasteiger partial charge in [0.05, 0.1) is 10.0 Å². The summed E-state index contributed by atoms with van der Waals surface area (Å²) in [6.07, 6.45) is 2.09. The van der Waals surface area contributed by atoms with Crippen LogP contribution in [-0.2, 0) is 12.0 Å². The molecule has 0 atom stereocenters. The number of fused-ring (bicyclic) bond motifs is 2. The predicted octanol–water partition coefficient (Wildman–Crippen LogP) is 7.72. The van der Waals surface area contributed by atoms with Gasteiger partial charge in [0.2, 0.25) is 0 Å². The Morgan fingerprint density at radius 2 is 1.83 bits per heavy atom. The molecule has 0 radical (unpaired) electrons. The maximum absolute atomic E-state index is 13.3. The van der Waals surface area contributed by atoms with Gasteiger partial charge in [-0.2, -0.15) is 0 Å². The molecule has 2 amide bonds. The third-order valence-electron chi connectivity index (χ3n) is 7.44. The van der Waals surface area contributed by atoms with Crippen LogP contribution in [0, 0.1) is 0 Å². The maximum atomic E-state index is 13.3. The second-order valence-electron chi connectivity index (χ2n) is 10.1. The van der Waals surface area contributed by atoms with E-state index in [1.807, 2.05) is 18.2 Å². The summed E-state index contributed by atoms with van der Waals surface area (Å²) in [4.78, 5) is 21.1. The number of urea groups is 1. The zero-order valence-corrected chi connectivity index (χ0v) is 24.0. The van der Waals surface area contributed by atoms with Gasteiger partial charge < -0.3 is 10.1 Å². The fourth-order valence-corrected chi connectivity index (χ4v) is 5.90. The number of pyridine rings is 1. The van der Waals surface area contributed by atoms with Crippen molar-refractivity contribution in [3.63, 3.8) is 0 Å². The lowest BCUT2D eigenvalue weighted by molar-refractivity contribution is -0.274. The molecule has 216 valence electrons. The lowest BCUT2D eigenvalue weighted by atomic mass is 9.74. The molecule has 0 aliphatic carbocycles. The molecule has 6 nitrogen and oxygen atoms in total. The van der Waals surface area contributed by atoms with E-state index in [9.17, 15) is 18.0 Å². The summed E-state index contributed by atoms with van der Waals surface area (Å²) in [5, 5.41) is 4.20. The Kier molecular flexibility index (Phi) is 8.70. The Balaban J connectivity index is 1.30. The van der Waals surface area contributed by atoms with Crippen LogP contribution in [0.3, 0.4) is 0 Å². The van der Waals surface area contributed by atoms with Crippen LogP contribution in [0.4, 0.5) is 23.7 Å². The van der Waals surface area contributed by atoms with Gasteiger partial charge in [-0.25, -0.2) is 9.78 Å². The number of piperidine rings is 1. The minimum atomic E-state index is -4.81. The first-order valence-electron chi connectivity index (χ1n) is 12.9. The van der Waals surface area contributed by atoms with Crippen molar-refractivity contribution in [2.24, 2.45) is 0 Å². The molecule has 1 aromatic heterocycles. The van der Waals surface area contributed by atoms with E-state index in [1.165, 1.54) is 18.2 Å². The third-order valence-corrected chi connectivity index (χ3v) is 8.38. The molecule has 1 N–H and O–H groups in total. The first-order valence-corrected chi connectivity index (χ1v) is 14.0. The molecule has 41 heavy (non-hydrogen) atoms. The third kappa shape index (κ3) is 7.09. The molecule has 5 rings (SSSR count). The number of aromatic nitrogens is 1. The quantitative estimate of drug-likeness (QED) is 0.285. The first-order chi connectivity index (χ1) is 19.5. The number of carbonyl (C=O) groups excluding carboxylic acids is 1. The SMILES string of the molecule is O=C(NCc1ccnc(Cl)c1)N1CC2(CCN(CC=Cc3ccc(Cl)c(Cl)c3)CC2)c2cc(OC(F)(F)F)ccc21. The molecule has 3 heterocycles. The van der Waals surface area contributed by atoms with Crippen molar-refractivity contribution in [1.82, 2.24) is 15.2 Å². The minimum absolute atomic E-state index is 0.230. The summed E-state index contributed by atoms with van der Waals surface area (Å²) in [6, 6.07) is 12.7. The van der Waals surface area contributed by atoms with Gasteiger partial charge in [-0.1, -0.05) is 53.0 Å². The zero-order valence-electron chi connectivity index (χ0n) is 21.7. The number of benzene rings is 2. The van der Waals surface area contributed by atoms with Crippen LogP contribution < -0.4 is 15.0 Å². The van der Waals surface area contributed by atoms with Gasteiger partial charge in [0.1, 0.15) is 10.9 Å². The number of hydrogen-bond donors (Lipinski definition) is 1. The van der Waals surface area contributed by atoms with E-state index >= 15 is 0 Å². The van der Waals surface area contributed by atoms with Gasteiger partial charge in [-0.3, -0.25) is 9.80 Å². The predicted molar refractivity (Wildman–Crippen MR) is 155 cm³/mol. The van der Waals surface area contributed by atoms with Crippen molar-refractivity contribution in [3.05, 3.63) is 92.7 Å². The van der Waals surface area contributed by atoms with Crippen molar-refractivity contribution >= 4 is 52.6 Å². The Morgan fingerprint density at radius 1 is 1.05 bits per heavy atom. The summed E-state index contributed by atoms with van der Waals surface area (Å²) < 4.78 is 43.3. The van der Waals surface area contributed by atoms with E-state index < -0.39 is 11.8 Å². The summed E-state index contributed by atoms with van der Waals surface area (Å²) in [5.41, 5.74) is 2.49. The lowest BCUT2D eigenvalue weighted by Crippen LogP contribution is -2.47. The van der Waals surface area contributed by atoms with Crippen LogP contribution in [0.15, 0.2) is 60.8 Å². The van der Waals surface area contributed by atoms with Crippen LogP contribution in [0.5, 0.6) is 5.75 Å². The van der Waals surface area contributed by atoms with E-state index in [2.05, 4.69) is 19.9 Å². The van der Waals surface area contributed by atoms with Crippen molar-refractivity contribution < 1.29 is 22.7 Å². The number of rotatable bonds is 6. The molecule has 0 bridgehead atoms. The highest BCUT2D eigenvalue weighted by Crippen LogP contribution is 2.48. The fourth-order valence-electron chi connectivity index (χ4n) is 5.40. The van der Waals surface area contributed by atoms with E-state index in [0.717, 1.165) is 11.1 Å². The van der Waals surface area contributed by atoms with Gasteiger partial charge in [-0.15, -0.1) is 13.2 Å². The summed E-state index contributed by atoms with van der Waals surface area (Å²) in [5.74, 6) is -0.295. The van der Waals surface area contributed by atoms with Crippen LogP contribution in [0.1, 0.15) is 29.5 Å². The summed E-state index contributed by atoms with van der Waals surface area (Å²) in [7, 11) is 0. The van der Waals surface area contributed by atoms with Crippen LogP contribution in [0.25, 0.3) is 6.08 Å². The highest BCUT2D eigenvalue weighted by atomic mass is 35.5. The Bertz CT molecular complexity index is 1460. The van der Waals surface area contributed by atoms with Gasteiger partial charge in [-0.05, 0) is 85.1 Å². The minimum Gasteiger partial charge on any atom is -0.406 e. The number of likely N-dealkylation sites (tertiary alicyclic amines) is 1. The number of amides is 2. The van der Waals surface area contributed by atoms with Crippen molar-refractivity contribution in [2.75, 3.05) is 31.1 Å². The number of alkyl halides is 3. The number of ether oxygens (including phenoxy) is 1. The van der Waals surface area contributed by atoms with E-state index in [-0.39, 0.29) is 18.3 Å². The molecule has 2 aromatic carbocycles. The first kappa shape index (κ1) is 29.5. The number of halogens is 6. The molecule has 0 unspecified atom stereocenters. The molecule has 0 saturated carbocycles. The Morgan fingerprint density at radius 3 is 2.54 bits per heavy atom. The maximum Gasteiger partial charge on any atom is 0.573 e. The van der Waals surface area contributed by atoms with Crippen molar-refractivity contribution in [2.45, 2.75) is 31.2 Å². The number of anilines is 1. The Labute approximate surface area is 250 Å². The molecule has 3 aromatic rings. The van der Waals surface area contributed by atoms with Crippen LogP contribution in [-0.4, -0.2) is 48.5 Å². The van der Waals surface area contributed by atoms with E-state index in [4.69, 9.17) is 34.8 Å². The van der Waals surface area contributed by atoms with Gasteiger partial charge in [0.25, 0.3) is 0 Å². The molecular formula is C29H26Cl3F3N4O2. The van der Waals surface area contributed by atoms with E-state index in [1.54, 1.807) is 35.4 Å². The number of nitrogens with one attached hydrogen (secondary N) is 1. The zero-order chi connectivity index (χ0) is 29.2. The molecule has 1 fully saturated rings. The average Bonchev–Trinajstić information content (AvgIpc) is 3.23. The van der Waals surface area contributed by atoms with Gasteiger partial charge >= 0.3 is 12.4 Å². The second kappa shape index (κ2) is 12.1. The average molecular weight is 626 g/mol. The topological polar surface area (TPSA) is 57.7 Å². The van der Waals surface area contributed by atoms with Crippen LogP contribution >= 0.6 is 34.8 Å². The number of nitrogens with zero attached hydrogens (tertiary/aromatic N) is 3. The fraction of sp³-hybridized carbons (Fsp3) is 0.310. The number of hydrogen-bond acceptors (Lipinski definition) is 4. The number of carbonyl (C=O) groups is 1. The molecule has 2 aliphatic heterocycles. The molecular weight excluding hydrogens is 600 g/mol.